The van der Waals surface area contributed by atoms with Crippen molar-refractivity contribution in [2.75, 3.05) is 6.73 Å². The zero-order valence-electron chi connectivity index (χ0n) is 18.0. The van der Waals surface area contributed by atoms with Gasteiger partial charge in [-0.2, -0.15) is 0 Å². The molecule has 3 aromatic carbocycles. The summed E-state index contributed by atoms with van der Waals surface area (Å²) in [7, 11) is 0. The number of rotatable bonds is 4. The quantitative estimate of drug-likeness (QED) is 0.243. The molecule has 0 aliphatic carbocycles. The Bertz CT molecular complexity index is 1390. The van der Waals surface area contributed by atoms with Crippen molar-refractivity contribution >= 4 is 40.7 Å². The molecule has 3 aromatic rings. The van der Waals surface area contributed by atoms with Gasteiger partial charge < -0.3 is 9.47 Å². The Labute approximate surface area is 205 Å². The number of carbonyl (C=O) groups excluding carboxylic acids is 1. The number of allylic oxidation sites excluding steroid dienone is 1. The number of ether oxygens (including phenoxy) is 2. The molecule has 2 aliphatic heterocycles. The Balaban J connectivity index is 1.41. The fourth-order valence-electron chi connectivity index (χ4n) is 4.17. The molecule has 0 spiro atoms. The molecule has 5 rings (SSSR count). The molecule has 2 aliphatic rings. The Morgan fingerprint density at radius 1 is 1.12 bits per heavy atom. The van der Waals surface area contributed by atoms with Crippen molar-refractivity contribution < 1.29 is 19.2 Å². The van der Waals surface area contributed by atoms with Crippen molar-refractivity contribution in [3.63, 3.8) is 0 Å². The molecule has 172 valence electrons. The summed E-state index contributed by atoms with van der Waals surface area (Å²) >= 11 is 12.1. The van der Waals surface area contributed by atoms with Crippen molar-refractivity contribution in [2.24, 2.45) is 0 Å². The SMILES string of the molecule is Cc1c2c(cc3c1O/C(=C\c1cccc([N+](=O)[O-])c1)C3=O)CN(Cc1ccc(Cl)c(Cl)c1)CO2. The first-order valence-corrected chi connectivity index (χ1v) is 11.2. The minimum Gasteiger partial charge on any atom is -0.477 e. The number of hydrogen-bond donors (Lipinski definition) is 0. The van der Waals surface area contributed by atoms with Gasteiger partial charge >= 0.3 is 0 Å². The van der Waals surface area contributed by atoms with Gasteiger partial charge in [0.15, 0.2) is 5.76 Å². The average Bonchev–Trinajstić information content (AvgIpc) is 3.12. The van der Waals surface area contributed by atoms with Crippen LogP contribution in [0.4, 0.5) is 5.69 Å². The lowest BCUT2D eigenvalue weighted by Gasteiger charge is -2.30. The first-order valence-electron chi connectivity index (χ1n) is 10.4. The summed E-state index contributed by atoms with van der Waals surface area (Å²) < 4.78 is 11.9. The molecular weight excluding hydrogens is 479 g/mol. The topological polar surface area (TPSA) is 81.9 Å². The number of nitrogens with zero attached hydrogens (tertiary/aromatic N) is 2. The molecule has 2 heterocycles. The smallest absolute Gasteiger partial charge is 0.270 e. The van der Waals surface area contributed by atoms with Gasteiger partial charge in [-0.1, -0.05) is 41.4 Å². The number of nitro benzene ring substituents is 1. The number of fused-ring (bicyclic) bond motifs is 2. The molecule has 0 N–H and O–H groups in total. The maximum absolute atomic E-state index is 13.1. The van der Waals surface area contributed by atoms with Gasteiger partial charge in [-0.3, -0.25) is 19.8 Å². The number of carbonyl (C=O) groups is 1. The van der Waals surface area contributed by atoms with Crippen LogP contribution in [-0.4, -0.2) is 22.3 Å². The molecule has 0 fully saturated rings. The van der Waals surface area contributed by atoms with Gasteiger partial charge in [-0.05, 0) is 42.3 Å². The minimum atomic E-state index is -0.479. The lowest BCUT2D eigenvalue weighted by Crippen LogP contribution is -2.32. The van der Waals surface area contributed by atoms with E-state index in [2.05, 4.69) is 4.90 Å². The molecule has 0 amide bonds. The van der Waals surface area contributed by atoms with Crippen molar-refractivity contribution in [3.05, 3.63) is 102 Å². The number of nitro groups is 1. The Kier molecular flexibility index (Phi) is 5.77. The van der Waals surface area contributed by atoms with E-state index in [0.29, 0.717) is 52.5 Å². The van der Waals surface area contributed by atoms with E-state index in [-0.39, 0.29) is 17.2 Å². The van der Waals surface area contributed by atoms with Crippen molar-refractivity contribution in [1.82, 2.24) is 4.90 Å². The maximum Gasteiger partial charge on any atom is 0.270 e. The van der Waals surface area contributed by atoms with Gasteiger partial charge in [0.05, 0.1) is 20.5 Å². The Hall–Kier alpha value is -3.39. The largest absolute Gasteiger partial charge is 0.477 e. The van der Waals surface area contributed by atoms with Crippen LogP contribution in [0.3, 0.4) is 0 Å². The van der Waals surface area contributed by atoms with Crippen LogP contribution >= 0.6 is 23.2 Å². The van der Waals surface area contributed by atoms with Crippen LogP contribution in [0.5, 0.6) is 11.5 Å². The highest BCUT2D eigenvalue weighted by molar-refractivity contribution is 6.42. The second-order valence-corrected chi connectivity index (χ2v) is 8.98. The molecule has 7 nitrogen and oxygen atoms in total. The van der Waals surface area contributed by atoms with Crippen molar-refractivity contribution in [1.29, 1.82) is 0 Å². The van der Waals surface area contributed by atoms with E-state index >= 15 is 0 Å². The summed E-state index contributed by atoms with van der Waals surface area (Å²) in [6.45, 7) is 3.42. The molecule has 0 radical (unpaired) electrons. The van der Waals surface area contributed by atoms with Crippen LogP contribution in [0.15, 0.2) is 54.3 Å². The van der Waals surface area contributed by atoms with Crippen LogP contribution in [0, 0.1) is 17.0 Å². The maximum atomic E-state index is 13.1. The van der Waals surface area contributed by atoms with Crippen LogP contribution in [-0.2, 0) is 13.1 Å². The van der Waals surface area contributed by atoms with E-state index in [9.17, 15) is 14.9 Å². The fraction of sp³-hybridized carbons (Fsp3) is 0.160. The van der Waals surface area contributed by atoms with E-state index in [4.69, 9.17) is 32.7 Å². The number of benzene rings is 3. The number of ketones is 1. The molecule has 0 saturated carbocycles. The zero-order chi connectivity index (χ0) is 24.0. The predicted molar refractivity (Wildman–Crippen MR) is 128 cm³/mol. The van der Waals surface area contributed by atoms with Gasteiger partial charge in [-0.25, -0.2) is 0 Å². The van der Waals surface area contributed by atoms with Gasteiger partial charge in [0, 0.05) is 36.3 Å². The molecule has 0 saturated heterocycles. The Morgan fingerprint density at radius 3 is 2.71 bits per heavy atom. The monoisotopic (exact) mass is 496 g/mol. The summed E-state index contributed by atoms with van der Waals surface area (Å²) in [5.41, 5.74) is 3.54. The summed E-state index contributed by atoms with van der Waals surface area (Å²) in [5.74, 6) is 1.01. The van der Waals surface area contributed by atoms with Gasteiger partial charge in [0.25, 0.3) is 5.69 Å². The minimum absolute atomic E-state index is 0.0561. The van der Waals surface area contributed by atoms with Crippen LogP contribution in [0.1, 0.15) is 32.6 Å². The second-order valence-electron chi connectivity index (χ2n) is 8.17. The predicted octanol–water partition coefficient (Wildman–Crippen LogP) is 6.18. The summed E-state index contributed by atoms with van der Waals surface area (Å²) in [4.78, 5) is 25.8. The van der Waals surface area contributed by atoms with Gasteiger partial charge in [-0.15, -0.1) is 0 Å². The van der Waals surface area contributed by atoms with E-state index in [1.165, 1.54) is 18.2 Å². The molecular formula is C25H18Cl2N2O5. The standard InChI is InChI=1S/C25H18Cl2N2O5/c1-14-24-17(12-28(13-33-24)11-16-5-6-20(26)21(27)8-16)10-19-23(30)22(34-25(14)19)9-15-3-2-4-18(7-15)29(31)32/h2-10H,11-13H2,1H3/b22-9-. The number of halogens is 2. The van der Waals surface area contributed by atoms with E-state index in [1.807, 2.05) is 19.1 Å². The van der Waals surface area contributed by atoms with E-state index in [0.717, 1.165) is 16.7 Å². The third-order valence-electron chi connectivity index (χ3n) is 5.77. The molecule has 34 heavy (non-hydrogen) atoms. The van der Waals surface area contributed by atoms with Gasteiger partial charge in [0.2, 0.25) is 5.78 Å². The molecule has 0 bridgehead atoms. The van der Waals surface area contributed by atoms with Crippen LogP contribution < -0.4 is 9.47 Å². The normalized spacial score (nSPS) is 16.1. The number of hydrogen-bond acceptors (Lipinski definition) is 6. The third kappa shape index (κ3) is 4.14. The van der Waals surface area contributed by atoms with Crippen molar-refractivity contribution in [2.45, 2.75) is 20.0 Å². The fourth-order valence-corrected chi connectivity index (χ4v) is 4.49. The summed E-state index contributed by atoms with van der Waals surface area (Å²) in [5, 5.41) is 12.1. The van der Waals surface area contributed by atoms with E-state index in [1.54, 1.807) is 24.3 Å². The highest BCUT2D eigenvalue weighted by Crippen LogP contribution is 2.43. The second kappa shape index (κ2) is 8.76. The summed E-state index contributed by atoms with van der Waals surface area (Å²) in [6.07, 6.45) is 1.52. The van der Waals surface area contributed by atoms with Crippen LogP contribution in [0.25, 0.3) is 6.08 Å². The number of non-ortho nitro benzene ring substituents is 1. The molecule has 0 atom stereocenters. The molecule has 9 heteroatoms. The average molecular weight is 497 g/mol. The Morgan fingerprint density at radius 2 is 1.94 bits per heavy atom. The first kappa shape index (κ1) is 22.4. The molecule has 0 unspecified atom stereocenters. The number of Topliss-reactive ketones (excluding diaryl/α,β-unsaturated/α-hetero) is 1. The summed E-state index contributed by atoms with van der Waals surface area (Å²) in [6, 6.07) is 13.4. The highest BCUT2D eigenvalue weighted by atomic mass is 35.5. The van der Waals surface area contributed by atoms with Crippen LogP contribution in [0.2, 0.25) is 10.0 Å². The highest BCUT2D eigenvalue weighted by Gasteiger charge is 2.33. The lowest BCUT2D eigenvalue weighted by atomic mass is 10.00. The molecule has 0 aromatic heterocycles. The first-order chi connectivity index (χ1) is 16.3. The van der Waals surface area contributed by atoms with Gasteiger partial charge in [0.1, 0.15) is 18.2 Å². The zero-order valence-corrected chi connectivity index (χ0v) is 19.5. The van der Waals surface area contributed by atoms with Crippen molar-refractivity contribution in [3.8, 4) is 11.5 Å². The third-order valence-corrected chi connectivity index (χ3v) is 6.51. The van der Waals surface area contributed by atoms with E-state index < -0.39 is 4.92 Å². The lowest BCUT2D eigenvalue weighted by molar-refractivity contribution is -0.384.